The average Bonchev–Trinajstić information content (AvgIpc) is 3.01. The van der Waals surface area contributed by atoms with E-state index in [2.05, 4.69) is 17.2 Å². The van der Waals surface area contributed by atoms with Crippen molar-refractivity contribution in [3.63, 3.8) is 0 Å². The zero-order valence-electron chi connectivity index (χ0n) is 16.6. The SMILES string of the molecule is Cc1cc(C(=O)Nc2ccc(F)c(C34COCC(C)C3CSC(N)=N4)c2)c(C)o1. The molecule has 3 unspecified atom stereocenters. The third kappa shape index (κ3) is 3.55. The summed E-state index contributed by atoms with van der Waals surface area (Å²) in [6.07, 6.45) is 0. The first kappa shape index (κ1) is 20.0. The third-order valence-electron chi connectivity index (χ3n) is 5.70. The maximum atomic E-state index is 15.0. The Morgan fingerprint density at radius 3 is 2.90 bits per heavy atom. The van der Waals surface area contributed by atoms with Gasteiger partial charge in [0.25, 0.3) is 5.91 Å². The number of amides is 1. The lowest BCUT2D eigenvalue weighted by molar-refractivity contribution is -0.0339. The van der Waals surface area contributed by atoms with Gasteiger partial charge in [0.05, 0.1) is 12.2 Å². The van der Waals surface area contributed by atoms with Crippen LogP contribution >= 0.6 is 11.8 Å². The minimum atomic E-state index is -0.889. The van der Waals surface area contributed by atoms with Crippen LogP contribution in [0.4, 0.5) is 10.1 Å². The van der Waals surface area contributed by atoms with Crippen LogP contribution in [0.5, 0.6) is 0 Å². The predicted octanol–water partition coefficient (Wildman–Crippen LogP) is 3.83. The number of halogens is 1. The van der Waals surface area contributed by atoms with Crippen molar-refractivity contribution < 1.29 is 18.3 Å². The largest absolute Gasteiger partial charge is 0.466 e. The lowest BCUT2D eigenvalue weighted by Gasteiger charge is -2.47. The monoisotopic (exact) mass is 417 g/mol. The molecule has 0 aliphatic carbocycles. The van der Waals surface area contributed by atoms with E-state index in [1.54, 1.807) is 32.0 Å². The first-order valence-electron chi connectivity index (χ1n) is 9.54. The van der Waals surface area contributed by atoms with Crippen LogP contribution in [0, 0.1) is 31.5 Å². The summed E-state index contributed by atoms with van der Waals surface area (Å²) in [6.45, 7) is 6.48. The number of nitrogens with zero attached hydrogens (tertiary/aromatic N) is 1. The number of thioether (sulfide) groups is 1. The van der Waals surface area contributed by atoms with E-state index in [4.69, 9.17) is 14.9 Å². The summed E-state index contributed by atoms with van der Waals surface area (Å²) in [6, 6.07) is 6.24. The third-order valence-corrected chi connectivity index (χ3v) is 6.61. The normalized spacial score (nSPS) is 26.6. The summed E-state index contributed by atoms with van der Waals surface area (Å²) in [7, 11) is 0. The number of benzene rings is 1. The molecule has 2 aliphatic heterocycles. The molecule has 0 bridgehead atoms. The molecule has 3 atom stereocenters. The molecule has 3 N–H and O–H groups in total. The van der Waals surface area contributed by atoms with E-state index in [0.29, 0.717) is 40.1 Å². The molecule has 1 aromatic carbocycles. The maximum absolute atomic E-state index is 15.0. The number of nitrogens with two attached hydrogens (primary N) is 1. The highest BCUT2D eigenvalue weighted by atomic mass is 32.2. The van der Waals surface area contributed by atoms with Crippen molar-refractivity contribution in [3.8, 4) is 0 Å². The molecule has 2 aromatic rings. The molecule has 0 radical (unpaired) electrons. The molecular formula is C21H24FN3O3S. The lowest BCUT2D eigenvalue weighted by atomic mass is 9.72. The van der Waals surface area contributed by atoms with Crippen LogP contribution < -0.4 is 11.1 Å². The summed E-state index contributed by atoms with van der Waals surface area (Å²) in [5.74, 6) is 1.56. The fourth-order valence-electron chi connectivity index (χ4n) is 4.24. The topological polar surface area (TPSA) is 89.8 Å². The van der Waals surface area contributed by atoms with E-state index in [0.717, 1.165) is 5.75 Å². The molecule has 6 nitrogen and oxygen atoms in total. The van der Waals surface area contributed by atoms with Crippen molar-refractivity contribution in [2.75, 3.05) is 24.3 Å². The zero-order chi connectivity index (χ0) is 20.8. The van der Waals surface area contributed by atoms with Crippen molar-refractivity contribution in [1.82, 2.24) is 0 Å². The minimum Gasteiger partial charge on any atom is -0.466 e. The van der Waals surface area contributed by atoms with Gasteiger partial charge in [0.2, 0.25) is 0 Å². The second kappa shape index (κ2) is 7.50. The Balaban J connectivity index is 1.72. The number of aryl methyl sites for hydroxylation is 2. The number of amidine groups is 1. The number of fused-ring (bicyclic) bond motifs is 1. The molecule has 4 rings (SSSR count). The molecule has 0 saturated carbocycles. The van der Waals surface area contributed by atoms with E-state index >= 15 is 4.39 Å². The Kier molecular flexibility index (Phi) is 5.16. The van der Waals surface area contributed by atoms with Crippen molar-refractivity contribution in [1.29, 1.82) is 0 Å². The van der Waals surface area contributed by atoms with Crippen LogP contribution in [-0.2, 0) is 10.3 Å². The summed E-state index contributed by atoms with van der Waals surface area (Å²) >= 11 is 1.49. The second-order valence-electron chi connectivity index (χ2n) is 7.76. The predicted molar refractivity (Wildman–Crippen MR) is 112 cm³/mol. The molecule has 29 heavy (non-hydrogen) atoms. The smallest absolute Gasteiger partial charge is 0.259 e. The number of rotatable bonds is 3. The van der Waals surface area contributed by atoms with Gasteiger partial charge in [-0.3, -0.25) is 4.79 Å². The molecular weight excluding hydrogens is 393 g/mol. The van der Waals surface area contributed by atoms with Gasteiger partial charge in [-0.1, -0.05) is 18.7 Å². The van der Waals surface area contributed by atoms with Crippen LogP contribution in [0.2, 0.25) is 0 Å². The molecule has 1 fully saturated rings. The fraction of sp³-hybridized carbons (Fsp3) is 0.429. The highest BCUT2D eigenvalue weighted by Gasteiger charge is 2.50. The second-order valence-corrected chi connectivity index (χ2v) is 8.80. The number of furan rings is 1. The number of ether oxygens (including phenoxy) is 1. The van der Waals surface area contributed by atoms with Crippen LogP contribution in [-0.4, -0.2) is 30.0 Å². The molecule has 2 aliphatic rings. The summed E-state index contributed by atoms with van der Waals surface area (Å²) in [5, 5.41) is 3.27. The molecule has 3 heterocycles. The van der Waals surface area contributed by atoms with Gasteiger partial charge in [0.1, 0.15) is 22.9 Å². The molecule has 8 heteroatoms. The Bertz CT molecular complexity index is 990. The summed E-state index contributed by atoms with van der Waals surface area (Å²) in [4.78, 5) is 17.3. The van der Waals surface area contributed by atoms with E-state index in [-0.39, 0.29) is 30.2 Å². The van der Waals surface area contributed by atoms with Crippen molar-refractivity contribution in [3.05, 3.63) is 52.7 Å². The molecule has 154 valence electrons. The van der Waals surface area contributed by atoms with Gasteiger partial charge in [-0.25, -0.2) is 9.38 Å². The number of hydrogen-bond acceptors (Lipinski definition) is 6. The molecule has 1 amide bonds. The van der Waals surface area contributed by atoms with Crippen LogP contribution in [0.3, 0.4) is 0 Å². The lowest BCUT2D eigenvalue weighted by Crippen LogP contribution is -2.51. The first-order valence-corrected chi connectivity index (χ1v) is 10.5. The van der Waals surface area contributed by atoms with Gasteiger partial charge in [-0.2, -0.15) is 0 Å². The van der Waals surface area contributed by atoms with E-state index in [9.17, 15) is 4.79 Å². The number of carbonyl (C=O) groups excluding carboxylic acids is 1. The average molecular weight is 418 g/mol. The number of aliphatic imine (C=N–C) groups is 1. The van der Waals surface area contributed by atoms with E-state index < -0.39 is 5.54 Å². The van der Waals surface area contributed by atoms with Crippen LogP contribution in [0.25, 0.3) is 0 Å². The molecule has 1 saturated heterocycles. The van der Waals surface area contributed by atoms with Gasteiger partial charge in [-0.15, -0.1) is 0 Å². The van der Waals surface area contributed by atoms with Crippen LogP contribution in [0.1, 0.15) is 34.4 Å². The van der Waals surface area contributed by atoms with E-state index in [1.165, 1.54) is 17.8 Å². The quantitative estimate of drug-likeness (QED) is 0.792. The number of anilines is 1. The van der Waals surface area contributed by atoms with Gasteiger partial charge in [-0.05, 0) is 44.0 Å². The van der Waals surface area contributed by atoms with Crippen molar-refractivity contribution in [2.24, 2.45) is 22.6 Å². The molecule has 0 spiro atoms. The standard InChI is InChI=1S/C21H24FN3O3S/c1-11-8-27-10-21(17(11)9-29-20(23)25-21)16-7-14(4-5-18(16)22)24-19(26)15-6-12(2)28-13(15)3/h4-7,11,17H,8-10H2,1-3H3,(H2,23,25)(H,24,26). The van der Waals surface area contributed by atoms with E-state index in [1.807, 2.05) is 0 Å². The molecule has 1 aromatic heterocycles. The number of carbonyl (C=O) groups is 1. The number of nitrogens with one attached hydrogen (secondary N) is 1. The summed E-state index contributed by atoms with van der Waals surface area (Å²) < 4.78 is 26.2. The Morgan fingerprint density at radius 2 is 2.17 bits per heavy atom. The highest BCUT2D eigenvalue weighted by molar-refractivity contribution is 8.13. The van der Waals surface area contributed by atoms with Crippen molar-refractivity contribution in [2.45, 2.75) is 26.3 Å². The highest BCUT2D eigenvalue weighted by Crippen LogP contribution is 2.47. The Hall–Kier alpha value is -2.32. The first-order chi connectivity index (χ1) is 13.8. The Morgan fingerprint density at radius 1 is 1.38 bits per heavy atom. The zero-order valence-corrected chi connectivity index (χ0v) is 17.4. The van der Waals surface area contributed by atoms with Gasteiger partial charge >= 0.3 is 0 Å². The minimum absolute atomic E-state index is 0.0905. The number of hydrogen-bond donors (Lipinski definition) is 2. The van der Waals surface area contributed by atoms with Gasteiger partial charge in [0, 0.05) is 29.5 Å². The Labute approximate surface area is 173 Å². The van der Waals surface area contributed by atoms with Crippen molar-refractivity contribution >= 4 is 28.5 Å². The van der Waals surface area contributed by atoms with Gasteiger partial charge in [0.15, 0.2) is 5.17 Å². The van der Waals surface area contributed by atoms with Crippen LogP contribution in [0.15, 0.2) is 33.7 Å². The maximum Gasteiger partial charge on any atom is 0.259 e. The van der Waals surface area contributed by atoms with Gasteiger partial charge < -0.3 is 20.2 Å². The summed E-state index contributed by atoms with van der Waals surface area (Å²) in [5.41, 5.74) is 6.48. The fourth-order valence-corrected chi connectivity index (χ4v) is 5.42.